The fraction of sp³-hybridized carbons (Fsp3) is 0.571. The first-order valence-corrected chi connectivity index (χ1v) is 7.92. The Labute approximate surface area is 134 Å². The molecule has 1 atom stereocenters. The Balaban J connectivity index is 0.00000161. The van der Waals surface area contributed by atoms with Crippen molar-refractivity contribution in [2.24, 2.45) is 0 Å². The number of halogens is 1. The number of nitrogens with zero attached hydrogens (tertiary/aromatic N) is 3. The van der Waals surface area contributed by atoms with Gasteiger partial charge in [-0.2, -0.15) is 0 Å². The zero-order chi connectivity index (χ0) is 14.1. The molecule has 0 amide bonds. The van der Waals surface area contributed by atoms with E-state index >= 15 is 0 Å². The summed E-state index contributed by atoms with van der Waals surface area (Å²) < 4.78 is 1.68. The second kappa shape index (κ2) is 6.87. The molecule has 1 unspecified atom stereocenters. The van der Waals surface area contributed by atoms with Gasteiger partial charge in [-0.05, 0) is 33.4 Å². The highest BCUT2D eigenvalue weighted by Crippen LogP contribution is 2.15. The molecular weight excluding hydrogens is 308 g/mol. The average Bonchev–Trinajstić information content (AvgIpc) is 2.81. The number of hydrogen-bond donors (Lipinski definition) is 1. The second-order valence-corrected chi connectivity index (χ2v) is 6.28. The van der Waals surface area contributed by atoms with Crippen molar-refractivity contribution >= 4 is 28.7 Å². The summed E-state index contributed by atoms with van der Waals surface area (Å²) in [7, 11) is 2.01. The van der Waals surface area contributed by atoms with Crippen molar-refractivity contribution < 1.29 is 0 Å². The van der Waals surface area contributed by atoms with Gasteiger partial charge >= 0.3 is 0 Å². The van der Waals surface area contributed by atoms with Crippen molar-refractivity contribution in [2.75, 3.05) is 20.1 Å². The van der Waals surface area contributed by atoms with Crippen LogP contribution >= 0.6 is 23.7 Å². The molecule has 3 rings (SSSR count). The van der Waals surface area contributed by atoms with Gasteiger partial charge in [0.2, 0.25) is 0 Å². The Morgan fingerprint density at radius 1 is 1.52 bits per heavy atom. The first-order chi connectivity index (χ1) is 9.67. The first-order valence-electron chi connectivity index (χ1n) is 7.04. The zero-order valence-electron chi connectivity index (χ0n) is 12.3. The molecule has 5 nitrogen and oxygen atoms in total. The number of aryl methyl sites for hydroxylation is 1. The van der Waals surface area contributed by atoms with E-state index < -0.39 is 0 Å². The molecule has 2 aromatic rings. The molecule has 3 heterocycles. The normalized spacial score (nSPS) is 19.6. The van der Waals surface area contributed by atoms with Crippen LogP contribution < -0.4 is 10.9 Å². The maximum atomic E-state index is 12.1. The standard InChI is InChI=1S/C14H20N4OS.ClH/c1-10-9-20-14-16-12(6-13(19)18(10)14)8-17-5-3-4-11(7-17)15-2;/h6,9,11,15H,3-5,7-8H2,1-2H3;1H. The second-order valence-electron chi connectivity index (χ2n) is 5.44. The zero-order valence-corrected chi connectivity index (χ0v) is 14.0. The van der Waals surface area contributed by atoms with Gasteiger partial charge in [-0.1, -0.05) is 0 Å². The summed E-state index contributed by atoms with van der Waals surface area (Å²) in [4.78, 5) is 19.9. The minimum atomic E-state index is 0. The third kappa shape index (κ3) is 3.45. The number of hydrogen-bond acceptors (Lipinski definition) is 5. The molecule has 0 saturated carbocycles. The largest absolute Gasteiger partial charge is 0.316 e. The number of rotatable bonds is 3. The molecule has 7 heteroatoms. The lowest BCUT2D eigenvalue weighted by Gasteiger charge is -2.32. The molecule has 0 aliphatic carbocycles. The summed E-state index contributed by atoms with van der Waals surface area (Å²) in [6.45, 7) is 4.82. The summed E-state index contributed by atoms with van der Waals surface area (Å²) >= 11 is 1.53. The lowest BCUT2D eigenvalue weighted by molar-refractivity contribution is 0.186. The molecule has 0 aromatic carbocycles. The summed E-state index contributed by atoms with van der Waals surface area (Å²) in [5.74, 6) is 0. The van der Waals surface area contributed by atoms with Crippen LogP contribution in [-0.4, -0.2) is 40.5 Å². The van der Waals surface area contributed by atoms with Crippen molar-refractivity contribution in [3.05, 3.63) is 33.2 Å². The van der Waals surface area contributed by atoms with Crippen LogP contribution in [0.25, 0.3) is 4.96 Å². The number of nitrogens with one attached hydrogen (secondary N) is 1. The molecule has 1 saturated heterocycles. The van der Waals surface area contributed by atoms with Crippen LogP contribution in [0.1, 0.15) is 24.2 Å². The molecule has 2 aromatic heterocycles. The van der Waals surface area contributed by atoms with Gasteiger partial charge in [0.1, 0.15) is 0 Å². The molecule has 1 aliphatic rings. The van der Waals surface area contributed by atoms with E-state index in [1.54, 1.807) is 10.5 Å². The van der Waals surface area contributed by atoms with Crippen LogP contribution in [-0.2, 0) is 6.54 Å². The molecule has 0 radical (unpaired) electrons. The van der Waals surface area contributed by atoms with E-state index in [4.69, 9.17) is 0 Å². The van der Waals surface area contributed by atoms with Gasteiger partial charge < -0.3 is 5.32 Å². The average molecular weight is 329 g/mol. The third-order valence-electron chi connectivity index (χ3n) is 3.93. The van der Waals surface area contributed by atoms with E-state index in [0.29, 0.717) is 6.04 Å². The van der Waals surface area contributed by atoms with Crippen LogP contribution in [0.2, 0.25) is 0 Å². The highest BCUT2D eigenvalue weighted by molar-refractivity contribution is 7.15. The van der Waals surface area contributed by atoms with E-state index in [0.717, 1.165) is 36.0 Å². The van der Waals surface area contributed by atoms with Crippen molar-refractivity contribution in [3.8, 4) is 0 Å². The molecule has 21 heavy (non-hydrogen) atoms. The number of likely N-dealkylation sites (N-methyl/N-ethyl adjacent to an activating group) is 1. The van der Waals surface area contributed by atoms with Gasteiger partial charge in [0, 0.05) is 36.3 Å². The van der Waals surface area contributed by atoms with Gasteiger partial charge in [0.25, 0.3) is 5.56 Å². The fourth-order valence-electron chi connectivity index (χ4n) is 2.85. The molecule has 1 N–H and O–H groups in total. The van der Waals surface area contributed by atoms with Crippen LogP contribution in [0.3, 0.4) is 0 Å². The summed E-state index contributed by atoms with van der Waals surface area (Å²) in [5, 5.41) is 5.32. The summed E-state index contributed by atoms with van der Waals surface area (Å²) in [6.07, 6.45) is 2.43. The van der Waals surface area contributed by atoms with Gasteiger partial charge in [-0.3, -0.25) is 14.1 Å². The minimum Gasteiger partial charge on any atom is -0.316 e. The van der Waals surface area contributed by atoms with E-state index in [9.17, 15) is 4.79 Å². The van der Waals surface area contributed by atoms with E-state index in [1.165, 1.54) is 24.2 Å². The quantitative estimate of drug-likeness (QED) is 0.931. The van der Waals surface area contributed by atoms with Gasteiger partial charge in [0.15, 0.2) is 4.96 Å². The number of likely N-dealkylation sites (tertiary alicyclic amines) is 1. The highest BCUT2D eigenvalue weighted by atomic mass is 35.5. The Hall–Kier alpha value is -0.950. The van der Waals surface area contributed by atoms with Crippen molar-refractivity contribution in [2.45, 2.75) is 32.4 Å². The van der Waals surface area contributed by atoms with Crippen molar-refractivity contribution in [1.82, 2.24) is 19.6 Å². The number of piperidine rings is 1. The van der Waals surface area contributed by atoms with Crippen LogP contribution in [0.5, 0.6) is 0 Å². The predicted octanol–water partition coefficient (Wildman–Crippen LogP) is 1.67. The van der Waals surface area contributed by atoms with Gasteiger partial charge in [-0.25, -0.2) is 4.98 Å². The molecular formula is C14H21ClN4OS. The molecule has 0 spiro atoms. The Kier molecular flexibility index (Phi) is 5.37. The molecule has 0 bridgehead atoms. The monoisotopic (exact) mass is 328 g/mol. The van der Waals surface area contributed by atoms with Gasteiger partial charge in [0.05, 0.1) is 5.69 Å². The van der Waals surface area contributed by atoms with Crippen LogP contribution in [0.4, 0.5) is 0 Å². The van der Waals surface area contributed by atoms with Crippen molar-refractivity contribution in [3.63, 3.8) is 0 Å². The summed E-state index contributed by atoms with van der Waals surface area (Å²) in [6, 6.07) is 2.23. The maximum absolute atomic E-state index is 12.1. The fourth-order valence-corrected chi connectivity index (χ4v) is 3.74. The smallest absolute Gasteiger partial charge is 0.259 e. The molecule has 1 fully saturated rings. The predicted molar refractivity (Wildman–Crippen MR) is 88.7 cm³/mol. The Morgan fingerprint density at radius 2 is 2.33 bits per heavy atom. The number of aromatic nitrogens is 2. The molecule has 116 valence electrons. The van der Waals surface area contributed by atoms with E-state index in [2.05, 4.69) is 15.2 Å². The lowest BCUT2D eigenvalue weighted by atomic mass is 10.1. The van der Waals surface area contributed by atoms with Crippen LogP contribution in [0, 0.1) is 6.92 Å². The Morgan fingerprint density at radius 3 is 3.10 bits per heavy atom. The summed E-state index contributed by atoms with van der Waals surface area (Å²) in [5.41, 5.74) is 1.88. The SMILES string of the molecule is CNC1CCCN(Cc2cc(=O)n3c(C)csc3n2)C1.Cl. The van der Waals surface area contributed by atoms with Crippen LogP contribution in [0.15, 0.2) is 16.2 Å². The lowest BCUT2D eigenvalue weighted by Crippen LogP contribution is -2.44. The highest BCUT2D eigenvalue weighted by Gasteiger charge is 2.19. The Bertz CT molecular complexity index is 669. The van der Waals surface area contributed by atoms with E-state index in [1.807, 2.05) is 19.4 Å². The number of thiazole rings is 1. The maximum Gasteiger partial charge on any atom is 0.259 e. The van der Waals surface area contributed by atoms with E-state index in [-0.39, 0.29) is 18.0 Å². The number of fused-ring (bicyclic) bond motifs is 1. The topological polar surface area (TPSA) is 49.6 Å². The molecule has 1 aliphatic heterocycles. The minimum absolute atomic E-state index is 0. The van der Waals surface area contributed by atoms with Crippen molar-refractivity contribution in [1.29, 1.82) is 0 Å². The third-order valence-corrected chi connectivity index (χ3v) is 4.87. The van der Waals surface area contributed by atoms with Gasteiger partial charge in [-0.15, -0.1) is 23.7 Å². The first kappa shape index (κ1) is 16.4.